The van der Waals surface area contributed by atoms with Gasteiger partial charge < -0.3 is 23.8 Å². The summed E-state index contributed by atoms with van der Waals surface area (Å²) in [5.74, 6) is 0.495. The van der Waals surface area contributed by atoms with Crippen LogP contribution in [0.15, 0.2) is 24.3 Å². The molecule has 7 nitrogen and oxygen atoms in total. The van der Waals surface area contributed by atoms with E-state index in [0.29, 0.717) is 31.1 Å². The Morgan fingerprint density at radius 2 is 1.75 bits per heavy atom. The van der Waals surface area contributed by atoms with Gasteiger partial charge in [0.1, 0.15) is 0 Å². The fourth-order valence-electron chi connectivity index (χ4n) is 2.06. The van der Waals surface area contributed by atoms with Crippen molar-refractivity contribution in [2.24, 2.45) is 0 Å². The van der Waals surface area contributed by atoms with E-state index in [1.165, 1.54) is 14.2 Å². The van der Waals surface area contributed by atoms with E-state index < -0.39 is 0 Å². The minimum absolute atomic E-state index is 0.130. The van der Waals surface area contributed by atoms with Crippen molar-refractivity contribution in [3.8, 4) is 11.5 Å². The zero-order valence-corrected chi connectivity index (χ0v) is 14.4. The number of esters is 1. The van der Waals surface area contributed by atoms with Crippen LogP contribution in [0.3, 0.4) is 0 Å². The van der Waals surface area contributed by atoms with Crippen molar-refractivity contribution in [1.29, 1.82) is 0 Å². The zero-order chi connectivity index (χ0) is 17.8. The lowest BCUT2D eigenvalue weighted by Crippen LogP contribution is -2.37. The van der Waals surface area contributed by atoms with Gasteiger partial charge in [-0.05, 0) is 18.6 Å². The summed E-state index contributed by atoms with van der Waals surface area (Å²) in [6.45, 7) is 1.17. The van der Waals surface area contributed by atoms with Gasteiger partial charge in [-0.1, -0.05) is 12.1 Å². The molecule has 0 unspecified atom stereocenters. The first kappa shape index (κ1) is 19.8. The van der Waals surface area contributed by atoms with Crippen LogP contribution in [0, 0.1) is 0 Å². The van der Waals surface area contributed by atoms with Crippen LogP contribution in [0.2, 0.25) is 0 Å². The summed E-state index contributed by atoms with van der Waals surface area (Å²) in [5.41, 5.74) is 0. The monoisotopic (exact) mass is 339 g/mol. The molecule has 0 saturated heterocycles. The molecule has 1 aromatic rings. The van der Waals surface area contributed by atoms with Crippen LogP contribution >= 0.6 is 0 Å². The third-order valence-corrected chi connectivity index (χ3v) is 3.36. The van der Waals surface area contributed by atoms with E-state index in [2.05, 4.69) is 4.74 Å². The second-order valence-corrected chi connectivity index (χ2v) is 4.99. The molecule has 0 spiro atoms. The highest BCUT2D eigenvalue weighted by Crippen LogP contribution is 2.25. The van der Waals surface area contributed by atoms with Crippen molar-refractivity contribution in [3.05, 3.63) is 24.3 Å². The first-order valence-electron chi connectivity index (χ1n) is 7.71. The van der Waals surface area contributed by atoms with E-state index in [1.54, 1.807) is 30.2 Å². The molecule has 0 atom stereocenters. The molecule has 0 aliphatic carbocycles. The van der Waals surface area contributed by atoms with E-state index in [0.717, 1.165) is 0 Å². The summed E-state index contributed by atoms with van der Waals surface area (Å²) >= 11 is 0. The molecule has 1 aromatic carbocycles. The van der Waals surface area contributed by atoms with Crippen molar-refractivity contribution < 1.29 is 28.5 Å². The number of ether oxygens (including phenoxy) is 4. The van der Waals surface area contributed by atoms with Gasteiger partial charge in [0.2, 0.25) is 0 Å². The molecule has 134 valence electrons. The molecular weight excluding hydrogens is 314 g/mol. The molecule has 1 rings (SSSR count). The van der Waals surface area contributed by atoms with Gasteiger partial charge in [0.15, 0.2) is 18.1 Å². The summed E-state index contributed by atoms with van der Waals surface area (Å²) < 4.78 is 20.3. The number of amides is 1. The molecule has 0 fully saturated rings. The Labute approximate surface area is 142 Å². The van der Waals surface area contributed by atoms with Gasteiger partial charge in [-0.3, -0.25) is 9.59 Å². The van der Waals surface area contributed by atoms with Gasteiger partial charge in [0.25, 0.3) is 5.91 Å². The second-order valence-electron chi connectivity index (χ2n) is 4.99. The first-order valence-corrected chi connectivity index (χ1v) is 7.71. The summed E-state index contributed by atoms with van der Waals surface area (Å²) in [6, 6.07) is 7.11. The standard InChI is InChI=1S/C17H25NO6/c1-21-12-6-10-18(11-9-17(20)23-3)16(19)13-24-15-8-5-4-7-14(15)22-2/h4-5,7-8H,6,9-13H2,1-3H3. The Morgan fingerprint density at radius 3 is 2.38 bits per heavy atom. The SMILES string of the molecule is COCCCN(CCC(=O)OC)C(=O)COc1ccccc1OC. The lowest BCUT2D eigenvalue weighted by atomic mass is 10.3. The van der Waals surface area contributed by atoms with Crippen molar-refractivity contribution >= 4 is 11.9 Å². The number of hydrogen-bond donors (Lipinski definition) is 0. The largest absolute Gasteiger partial charge is 0.493 e. The van der Waals surface area contributed by atoms with Crippen molar-refractivity contribution in [2.45, 2.75) is 12.8 Å². The quantitative estimate of drug-likeness (QED) is 0.449. The molecule has 0 aliphatic rings. The fraction of sp³-hybridized carbons (Fsp3) is 0.529. The minimum atomic E-state index is -0.356. The number of carbonyl (C=O) groups is 2. The van der Waals surface area contributed by atoms with Crippen LogP contribution in [0.5, 0.6) is 11.5 Å². The van der Waals surface area contributed by atoms with Crippen LogP contribution < -0.4 is 9.47 Å². The summed E-state index contributed by atoms with van der Waals surface area (Å²) in [7, 11) is 4.47. The highest BCUT2D eigenvalue weighted by atomic mass is 16.5. The van der Waals surface area contributed by atoms with Crippen LogP contribution in [0.25, 0.3) is 0 Å². The van der Waals surface area contributed by atoms with E-state index in [9.17, 15) is 9.59 Å². The van der Waals surface area contributed by atoms with Crippen LogP contribution in [0.4, 0.5) is 0 Å². The summed E-state index contributed by atoms with van der Waals surface area (Å²) in [4.78, 5) is 25.3. The Kier molecular flexibility index (Phi) is 9.29. The molecule has 1 amide bonds. The third-order valence-electron chi connectivity index (χ3n) is 3.36. The van der Waals surface area contributed by atoms with Gasteiger partial charge in [0.05, 0.1) is 20.6 Å². The first-order chi connectivity index (χ1) is 11.6. The number of carbonyl (C=O) groups excluding carboxylic acids is 2. The van der Waals surface area contributed by atoms with E-state index >= 15 is 0 Å². The van der Waals surface area contributed by atoms with E-state index in [1.807, 2.05) is 6.07 Å². The number of rotatable bonds is 11. The lowest BCUT2D eigenvalue weighted by Gasteiger charge is -2.22. The number of methoxy groups -OCH3 is 3. The molecule has 0 aliphatic heterocycles. The smallest absolute Gasteiger partial charge is 0.307 e. The van der Waals surface area contributed by atoms with Crippen molar-refractivity contribution in [2.75, 3.05) is 47.6 Å². The van der Waals surface area contributed by atoms with Crippen LogP contribution in [-0.2, 0) is 19.1 Å². The molecule has 0 N–H and O–H groups in total. The molecule has 24 heavy (non-hydrogen) atoms. The average molecular weight is 339 g/mol. The number of benzene rings is 1. The van der Waals surface area contributed by atoms with E-state index in [-0.39, 0.29) is 31.4 Å². The maximum absolute atomic E-state index is 12.4. The van der Waals surface area contributed by atoms with Crippen molar-refractivity contribution in [3.63, 3.8) is 0 Å². The lowest BCUT2D eigenvalue weighted by molar-refractivity contribution is -0.142. The number of para-hydroxylation sites is 2. The predicted molar refractivity (Wildman–Crippen MR) is 88.2 cm³/mol. The topological polar surface area (TPSA) is 74.3 Å². The van der Waals surface area contributed by atoms with E-state index in [4.69, 9.17) is 14.2 Å². The predicted octanol–water partition coefficient (Wildman–Crippen LogP) is 1.50. The second kappa shape index (κ2) is 11.3. The van der Waals surface area contributed by atoms with Gasteiger partial charge in [-0.15, -0.1) is 0 Å². The summed E-state index contributed by atoms with van der Waals surface area (Å²) in [5, 5.41) is 0. The molecule has 7 heteroatoms. The highest BCUT2D eigenvalue weighted by Gasteiger charge is 2.16. The fourth-order valence-corrected chi connectivity index (χ4v) is 2.06. The zero-order valence-electron chi connectivity index (χ0n) is 14.4. The maximum atomic E-state index is 12.4. The normalized spacial score (nSPS) is 10.1. The maximum Gasteiger partial charge on any atom is 0.307 e. The average Bonchev–Trinajstić information content (AvgIpc) is 2.62. The molecule has 0 bridgehead atoms. The van der Waals surface area contributed by atoms with Gasteiger partial charge in [-0.25, -0.2) is 0 Å². The minimum Gasteiger partial charge on any atom is -0.493 e. The van der Waals surface area contributed by atoms with Crippen LogP contribution in [0.1, 0.15) is 12.8 Å². The van der Waals surface area contributed by atoms with Crippen LogP contribution in [-0.4, -0.2) is 64.4 Å². The van der Waals surface area contributed by atoms with Gasteiger partial charge in [-0.2, -0.15) is 0 Å². The van der Waals surface area contributed by atoms with Crippen molar-refractivity contribution in [1.82, 2.24) is 4.90 Å². The Bertz CT molecular complexity index is 520. The van der Waals surface area contributed by atoms with Gasteiger partial charge in [0, 0.05) is 26.8 Å². The Balaban J connectivity index is 2.59. The van der Waals surface area contributed by atoms with Gasteiger partial charge >= 0.3 is 5.97 Å². The molecule has 0 saturated carbocycles. The Morgan fingerprint density at radius 1 is 1.04 bits per heavy atom. The highest BCUT2D eigenvalue weighted by molar-refractivity contribution is 5.78. The molecular formula is C17H25NO6. The molecule has 0 radical (unpaired) electrons. The number of hydrogen-bond acceptors (Lipinski definition) is 6. The number of nitrogens with zero attached hydrogens (tertiary/aromatic N) is 1. The summed E-state index contributed by atoms with van der Waals surface area (Å²) in [6.07, 6.45) is 0.821. The Hall–Kier alpha value is -2.28. The molecule has 0 heterocycles. The molecule has 0 aromatic heterocycles. The third kappa shape index (κ3) is 6.87.